The zero-order valence-electron chi connectivity index (χ0n) is 8.21. The highest BCUT2D eigenvalue weighted by molar-refractivity contribution is 5.79. The van der Waals surface area contributed by atoms with Gasteiger partial charge in [-0.2, -0.15) is 0 Å². The molecule has 4 nitrogen and oxygen atoms in total. The van der Waals surface area contributed by atoms with Crippen molar-refractivity contribution in [1.82, 2.24) is 5.23 Å². The van der Waals surface area contributed by atoms with Crippen LogP contribution in [-0.4, -0.2) is 15.6 Å². The Morgan fingerprint density at radius 2 is 2.07 bits per heavy atom. The molecule has 0 aliphatic rings. The van der Waals surface area contributed by atoms with Crippen molar-refractivity contribution in [3.63, 3.8) is 0 Å². The largest absolute Gasteiger partial charge is 0.457 e. The summed E-state index contributed by atoms with van der Waals surface area (Å²) in [7, 11) is 0. The van der Waals surface area contributed by atoms with Crippen molar-refractivity contribution in [2.45, 2.75) is 6.92 Å². The maximum Gasteiger partial charge on any atom is 0.134 e. The van der Waals surface area contributed by atoms with Crippen LogP contribution in [0.15, 0.2) is 40.4 Å². The molecule has 0 radical (unpaired) electrons. The lowest BCUT2D eigenvalue weighted by Crippen LogP contribution is -2.09. The highest BCUT2D eigenvalue weighted by Crippen LogP contribution is 2.20. The van der Waals surface area contributed by atoms with Crippen molar-refractivity contribution < 1.29 is 14.8 Å². The van der Waals surface area contributed by atoms with Crippen LogP contribution in [0.1, 0.15) is 12.7 Å². The molecule has 0 unspecified atom stereocenters. The highest BCUT2D eigenvalue weighted by Gasteiger charge is 2.02. The second kappa shape index (κ2) is 3.76. The smallest absolute Gasteiger partial charge is 0.134 e. The maximum absolute atomic E-state index is 8.74. The van der Waals surface area contributed by atoms with Gasteiger partial charge < -0.3 is 4.42 Å². The van der Waals surface area contributed by atoms with E-state index in [1.807, 2.05) is 30.3 Å². The summed E-state index contributed by atoms with van der Waals surface area (Å²) >= 11 is 0. The number of hydroxylamine groups is 2. The first-order chi connectivity index (χ1) is 7.16. The Kier molecular flexibility index (Phi) is 2.45. The summed E-state index contributed by atoms with van der Waals surface area (Å²) in [5, 5.41) is 18.5. The van der Waals surface area contributed by atoms with Crippen LogP contribution in [0.3, 0.4) is 0 Å². The van der Waals surface area contributed by atoms with Gasteiger partial charge in [-0.3, -0.25) is 10.4 Å². The van der Waals surface area contributed by atoms with Crippen LogP contribution in [0.4, 0.5) is 0 Å². The highest BCUT2D eigenvalue weighted by atomic mass is 16.8. The molecule has 78 valence electrons. The second-order valence-electron chi connectivity index (χ2n) is 3.26. The first kappa shape index (κ1) is 9.76. The summed E-state index contributed by atoms with van der Waals surface area (Å²) in [6, 6.07) is 9.43. The van der Waals surface area contributed by atoms with Gasteiger partial charge in [0.1, 0.15) is 11.3 Å². The molecule has 0 amide bonds. The molecule has 0 spiro atoms. The van der Waals surface area contributed by atoms with E-state index in [1.165, 1.54) is 0 Å². The quantitative estimate of drug-likeness (QED) is 0.740. The van der Waals surface area contributed by atoms with E-state index in [0.29, 0.717) is 5.76 Å². The molecular weight excluding hydrogens is 194 g/mol. The van der Waals surface area contributed by atoms with Crippen LogP contribution in [0, 0.1) is 0 Å². The van der Waals surface area contributed by atoms with Crippen molar-refractivity contribution in [3.05, 3.63) is 41.8 Å². The fourth-order valence-corrected chi connectivity index (χ4v) is 1.34. The molecule has 0 aliphatic heterocycles. The molecular formula is C11H11NO3. The molecule has 1 aromatic carbocycles. The fraction of sp³-hybridized carbons (Fsp3) is 0.0909. The van der Waals surface area contributed by atoms with Crippen molar-refractivity contribution in [3.8, 4) is 0 Å². The minimum Gasteiger partial charge on any atom is -0.457 e. The lowest BCUT2D eigenvalue weighted by Gasteiger charge is -2.05. The molecule has 0 saturated carbocycles. The Labute approximate surface area is 86.6 Å². The lowest BCUT2D eigenvalue weighted by molar-refractivity contribution is -0.277. The Morgan fingerprint density at radius 1 is 1.33 bits per heavy atom. The molecule has 1 aromatic heterocycles. The van der Waals surface area contributed by atoms with E-state index in [0.717, 1.165) is 11.0 Å². The minimum absolute atomic E-state index is 0.0627. The summed E-state index contributed by atoms with van der Waals surface area (Å²) in [4.78, 5) is 0. The molecule has 15 heavy (non-hydrogen) atoms. The van der Waals surface area contributed by atoms with Gasteiger partial charge in [0.25, 0.3) is 0 Å². The molecule has 0 aliphatic carbocycles. The molecule has 1 heterocycles. The van der Waals surface area contributed by atoms with Crippen LogP contribution in [0.5, 0.6) is 0 Å². The fourth-order valence-electron chi connectivity index (χ4n) is 1.34. The monoisotopic (exact) mass is 205 g/mol. The first-order valence-corrected chi connectivity index (χ1v) is 4.51. The van der Waals surface area contributed by atoms with E-state index in [1.54, 1.807) is 13.0 Å². The summed E-state index contributed by atoms with van der Waals surface area (Å²) in [6.45, 7) is 1.56. The van der Waals surface area contributed by atoms with E-state index in [9.17, 15) is 0 Å². The van der Waals surface area contributed by atoms with E-state index in [4.69, 9.17) is 14.8 Å². The zero-order valence-corrected chi connectivity index (χ0v) is 8.21. The van der Waals surface area contributed by atoms with Gasteiger partial charge in [-0.15, -0.1) is 5.23 Å². The predicted octanol–water partition coefficient (Wildman–Crippen LogP) is 2.87. The third-order valence-electron chi connectivity index (χ3n) is 2.11. The minimum atomic E-state index is 0.0627. The van der Waals surface area contributed by atoms with Gasteiger partial charge in [0.15, 0.2) is 0 Å². The number of hydrogen-bond donors (Lipinski definition) is 2. The second-order valence-corrected chi connectivity index (χ2v) is 3.26. The first-order valence-electron chi connectivity index (χ1n) is 4.51. The van der Waals surface area contributed by atoms with E-state index in [-0.39, 0.29) is 10.9 Å². The molecule has 4 heteroatoms. The number of allylic oxidation sites excluding steroid dienone is 1. The number of hydrogen-bond acceptors (Lipinski definition) is 4. The molecule has 0 atom stereocenters. The molecule has 0 saturated heterocycles. The van der Waals surface area contributed by atoms with Gasteiger partial charge in [0, 0.05) is 11.5 Å². The van der Waals surface area contributed by atoms with Crippen LogP contribution in [0.2, 0.25) is 0 Å². The zero-order chi connectivity index (χ0) is 10.8. The molecule has 0 bridgehead atoms. The number of rotatable bonds is 2. The summed E-state index contributed by atoms with van der Waals surface area (Å²) in [5.74, 6) is 0.585. The van der Waals surface area contributed by atoms with Crippen LogP contribution in [0.25, 0.3) is 17.0 Å². The predicted molar refractivity (Wildman–Crippen MR) is 55.3 cm³/mol. The van der Waals surface area contributed by atoms with Crippen molar-refractivity contribution >= 4 is 17.0 Å². The van der Waals surface area contributed by atoms with Gasteiger partial charge in [0.05, 0.1) is 5.70 Å². The van der Waals surface area contributed by atoms with Crippen molar-refractivity contribution in [2.75, 3.05) is 0 Å². The van der Waals surface area contributed by atoms with Crippen LogP contribution in [-0.2, 0) is 0 Å². The van der Waals surface area contributed by atoms with E-state index in [2.05, 4.69) is 0 Å². The third kappa shape index (κ3) is 2.01. The number of fused-ring (bicyclic) bond motifs is 1. The molecule has 0 fully saturated rings. The van der Waals surface area contributed by atoms with Crippen LogP contribution < -0.4 is 0 Å². The third-order valence-corrected chi connectivity index (χ3v) is 2.11. The number of para-hydroxylation sites is 1. The number of benzene rings is 1. The topological polar surface area (TPSA) is 56.8 Å². The van der Waals surface area contributed by atoms with E-state index < -0.39 is 0 Å². The van der Waals surface area contributed by atoms with Crippen molar-refractivity contribution in [2.24, 2.45) is 0 Å². The summed E-state index contributed by atoms with van der Waals surface area (Å²) < 4.78 is 5.46. The summed E-state index contributed by atoms with van der Waals surface area (Å²) in [5.41, 5.74) is 1.06. The van der Waals surface area contributed by atoms with E-state index >= 15 is 0 Å². The van der Waals surface area contributed by atoms with Gasteiger partial charge >= 0.3 is 0 Å². The SMILES string of the molecule is CC(=Cc1cc2ccccc2o1)N(O)O. The molecule has 2 N–H and O–H groups in total. The Hall–Kier alpha value is -1.78. The molecule has 2 aromatic rings. The van der Waals surface area contributed by atoms with Crippen LogP contribution >= 0.6 is 0 Å². The van der Waals surface area contributed by atoms with Gasteiger partial charge in [0.2, 0.25) is 0 Å². The summed E-state index contributed by atoms with van der Waals surface area (Å²) in [6.07, 6.45) is 1.54. The average molecular weight is 205 g/mol. The molecule has 2 rings (SSSR count). The van der Waals surface area contributed by atoms with Gasteiger partial charge in [-0.25, -0.2) is 0 Å². The van der Waals surface area contributed by atoms with Gasteiger partial charge in [-0.05, 0) is 19.1 Å². The van der Waals surface area contributed by atoms with Crippen molar-refractivity contribution in [1.29, 1.82) is 0 Å². The van der Waals surface area contributed by atoms with Gasteiger partial charge in [-0.1, -0.05) is 18.2 Å². The number of nitrogens with zero attached hydrogens (tertiary/aromatic N) is 1. The standard InChI is InChI=1S/C11H11NO3/c1-8(12(13)14)6-10-7-9-4-2-3-5-11(9)15-10/h2-7,13-14H,1H3. The maximum atomic E-state index is 8.74. The average Bonchev–Trinajstić information content (AvgIpc) is 2.59. The normalized spacial score (nSPS) is 12.1. The Morgan fingerprint density at radius 3 is 2.73 bits per heavy atom. The Balaban J connectivity index is 2.41. The number of furan rings is 1. The lowest BCUT2D eigenvalue weighted by atomic mass is 10.2. The Bertz CT molecular complexity index is 466.